The second-order valence-electron chi connectivity index (χ2n) is 1.89. The molecule has 1 unspecified atom stereocenters. The van der Waals surface area contributed by atoms with Gasteiger partial charge in [-0.2, -0.15) is 0 Å². The van der Waals surface area contributed by atoms with Gasteiger partial charge >= 0.3 is 0 Å². The summed E-state index contributed by atoms with van der Waals surface area (Å²) >= 11 is 6.09. The fourth-order valence-corrected chi connectivity index (χ4v) is 2.93. The zero-order valence-electron chi connectivity index (χ0n) is 5.71. The Bertz CT molecular complexity index is 189. The normalized spacial score (nSPS) is 15.7. The van der Waals surface area contributed by atoms with E-state index in [-0.39, 0.29) is 0 Å². The molecule has 0 rings (SSSR count). The lowest BCUT2D eigenvalue weighted by atomic mass is 11.0. The van der Waals surface area contributed by atoms with Crippen molar-refractivity contribution in [1.82, 2.24) is 4.31 Å². The van der Waals surface area contributed by atoms with Gasteiger partial charge < -0.3 is 0 Å². The summed E-state index contributed by atoms with van der Waals surface area (Å²) in [6.07, 6.45) is 0. The van der Waals surface area contributed by atoms with Gasteiger partial charge in [-0.1, -0.05) is 31.9 Å². The molecule has 0 aliphatic carbocycles. The predicted molar refractivity (Wildman–Crippen MR) is 49.1 cm³/mol. The smallest absolute Gasteiger partial charge is 0.211 e. The van der Waals surface area contributed by atoms with Crippen molar-refractivity contribution in [3.63, 3.8) is 0 Å². The SMILES string of the molecule is CN(C)S(=O)(=O)C(Br)CBr. The minimum Gasteiger partial charge on any atom is -0.211 e. The Morgan fingerprint density at radius 3 is 2.00 bits per heavy atom. The molecule has 6 heteroatoms. The van der Waals surface area contributed by atoms with E-state index in [0.29, 0.717) is 5.33 Å². The highest BCUT2D eigenvalue weighted by Gasteiger charge is 2.23. The summed E-state index contributed by atoms with van der Waals surface area (Å²) in [5.74, 6) is 0. The van der Waals surface area contributed by atoms with Gasteiger partial charge in [-0.3, -0.25) is 0 Å². The Hall–Kier alpha value is 0.870. The van der Waals surface area contributed by atoms with Crippen molar-refractivity contribution in [1.29, 1.82) is 0 Å². The first-order valence-electron chi connectivity index (χ1n) is 2.54. The van der Waals surface area contributed by atoms with E-state index >= 15 is 0 Å². The largest absolute Gasteiger partial charge is 0.227 e. The summed E-state index contributed by atoms with van der Waals surface area (Å²) in [6.45, 7) is 0. The molecule has 0 aliphatic rings. The van der Waals surface area contributed by atoms with Crippen molar-refractivity contribution in [2.75, 3.05) is 19.4 Å². The van der Waals surface area contributed by atoms with Crippen LogP contribution < -0.4 is 0 Å². The third kappa shape index (κ3) is 2.48. The lowest BCUT2D eigenvalue weighted by molar-refractivity contribution is 0.520. The van der Waals surface area contributed by atoms with Crippen LogP contribution in [0.15, 0.2) is 0 Å². The van der Waals surface area contributed by atoms with Gasteiger partial charge in [0.25, 0.3) is 0 Å². The number of hydrogen-bond donors (Lipinski definition) is 0. The molecule has 0 aromatic heterocycles. The minimum atomic E-state index is -3.12. The second-order valence-corrected chi connectivity index (χ2v) is 6.58. The van der Waals surface area contributed by atoms with Crippen LogP contribution in [0.2, 0.25) is 0 Å². The average Bonchev–Trinajstić information content (AvgIpc) is 1.86. The fourth-order valence-electron chi connectivity index (χ4n) is 0.308. The molecule has 0 aromatic rings. The lowest BCUT2D eigenvalue weighted by Gasteiger charge is -2.13. The molecular formula is C4H9Br2NO2S. The second kappa shape index (κ2) is 4.04. The van der Waals surface area contributed by atoms with E-state index in [0.717, 1.165) is 0 Å². The first-order chi connectivity index (χ1) is 4.42. The van der Waals surface area contributed by atoms with Crippen LogP contribution in [0.25, 0.3) is 0 Å². The van der Waals surface area contributed by atoms with Gasteiger partial charge in [0.05, 0.1) is 0 Å². The third-order valence-electron chi connectivity index (χ3n) is 0.953. The van der Waals surface area contributed by atoms with Crippen LogP contribution in [0.1, 0.15) is 0 Å². The highest BCUT2D eigenvalue weighted by Crippen LogP contribution is 2.13. The molecule has 0 spiro atoms. The van der Waals surface area contributed by atoms with Crippen molar-refractivity contribution >= 4 is 41.9 Å². The molecule has 0 saturated carbocycles. The zero-order valence-corrected chi connectivity index (χ0v) is 9.70. The van der Waals surface area contributed by atoms with E-state index in [1.807, 2.05) is 0 Å². The van der Waals surface area contributed by atoms with Gasteiger partial charge in [-0.25, -0.2) is 12.7 Å². The number of nitrogens with zero attached hydrogens (tertiary/aromatic N) is 1. The number of halogens is 2. The fraction of sp³-hybridized carbons (Fsp3) is 1.00. The summed E-state index contributed by atoms with van der Waals surface area (Å²) in [5, 5.41) is 0.396. The number of rotatable bonds is 3. The maximum Gasteiger partial charge on any atom is 0.227 e. The minimum absolute atomic E-state index is 0.396. The Morgan fingerprint density at radius 1 is 1.50 bits per heavy atom. The molecule has 0 bridgehead atoms. The highest BCUT2D eigenvalue weighted by atomic mass is 79.9. The molecule has 0 fully saturated rings. The summed E-state index contributed by atoms with van der Waals surface area (Å²) < 4.78 is 22.9. The maximum atomic E-state index is 11.1. The summed E-state index contributed by atoms with van der Waals surface area (Å²) in [4.78, 5) is 0. The lowest BCUT2D eigenvalue weighted by Crippen LogP contribution is -2.30. The van der Waals surface area contributed by atoms with Gasteiger partial charge in [-0.15, -0.1) is 0 Å². The van der Waals surface area contributed by atoms with Crippen LogP contribution in [0, 0.1) is 0 Å². The summed E-state index contributed by atoms with van der Waals surface area (Å²) in [7, 11) is -0.111. The van der Waals surface area contributed by atoms with Gasteiger partial charge in [0.1, 0.15) is 4.16 Å². The van der Waals surface area contributed by atoms with E-state index in [9.17, 15) is 8.42 Å². The van der Waals surface area contributed by atoms with Crippen molar-refractivity contribution in [2.24, 2.45) is 0 Å². The van der Waals surface area contributed by atoms with Crippen LogP contribution in [-0.2, 0) is 10.0 Å². The van der Waals surface area contributed by atoms with E-state index < -0.39 is 14.2 Å². The van der Waals surface area contributed by atoms with Crippen LogP contribution in [0.3, 0.4) is 0 Å². The molecule has 1 atom stereocenters. The van der Waals surface area contributed by atoms with Gasteiger partial charge in [0.2, 0.25) is 10.0 Å². The third-order valence-corrected chi connectivity index (χ3v) is 6.47. The van der Waals surface area contributed by atoms with E-state index in [1.54, 1.807) is 0 Å². The predicted octanol–water partition coefficient (Wildman–Crippen LogP) is 0.994. The first kappa shape index (κ1) is 10.9. The molecule has 0 saturated heterocycles. The molecule has 0 heterocycles. The Kier molecular flexibility index (Phi) is 4.39. The van der Waals surface area contributed by atoms with E-state index in [1.165, 1.54) is 18.4 Å². The number of sulfonamides is 1. The summed E-state index contributed by atoms with van der Waals surface area (Å²) in [5.41, 5.74) is 0. The molecular weight excluding hydrogens is 286 g/mol. The Balaban J connectivity index is 4.42. The van der Waals surface area contributed by atoms with Gasteiger partial charge in [0.15, 0.2) is 0 Å². The Morgan fingerprint density at radius 2 is 1.90 bits per heavy atom. The quantitative estimate of drug-likeness (QED) is 0.728. The molecule has 10 heavy (non-hydrogen) atoms. The number of alkyl halides is 2. The summed E-state index contributed by atoms with van der Waals surface area (Å²) in [6, 6.07) is 0. The van der Waals surface area contributed by atoms with Crippen LogP contribution >= 0.6 is 31.9 Å². The number of hydrogen-bond acceptors (Lipinski definition) is 2. The average molecular weight is 295 g/mol. The standard InChI is InChI=1S/C4H9Br2NO2S/c1-7(2)10(8,9)4(6)3-5/h4H,3H2,1-2H3. The molecule has 0 N–H and O–H groups in total. The van der Waals surface area contributed by atoms with E-state index in [2.05, 4.69) is 31.9 Å². The molecule has 0 aliphatic heterocycles. The topological polar surface area (TPSA) is 37.4 Å². The Labute approximate surface area is 78.1 Å². The molecule has 62 valence electrons. The molecule has 0 aromatic carbocycles. The van der Waals surface area contributed by atoms with Crippen LogP contribution in [0.5, 0.6) is 0 Å². The zero-order chi connectivity index (χ0) is 8.36. The van der Waals surface area contributed by atoms with Crippen LogP contribution in [0.4, 0.5) is 0 Å². The monoisotopic (exact) mass is 293 g/mol. The van der Waals surface area contributed by atoms with Crippen molar-refractivity contribution < 1.29 is 8.42 Å². The first-order valence-corrected chi connectivity index (χ1v) is 6.08. The molecule has 3 nitrogen and oxygen atoms in total. The molecule has 0 amide bonds. The maximum absolute atomic E-state index is 11.1. The van der Waals surface area contributed by atoms with Crippen LogP contribution in [-0.4, -0.2) is 36.3 Å². The highest BCUT2D eigenvalue weighted by molar-refractivity contribution is 9.13. The molecule has 0 radical (unpaired) electrons. The van der Waals surface area contributed by atoms with E-state index in [4.69, 9.17) is 0 Å². The van der Waals surface area contributed by atoms with Crippen molar-refractivity contribution in [3.05, 3.63) is 0 Å². The van der Waals surface area contributed by atoms with Crippen molar-refractivity contribution in [2.45, 2.75) is 4.16 Å². The van der Waals surface area contributed by atoms with Crippen molar-refractivity contribution in [3.8, 4) is 0 Å². The van der Waals surface area contributed by atoms with Gasteiger partial charge in [-0.05, 0) is 0 Å². The van der Waals surface area contributed by atoms with Gasteiger partial charge in [0, 0.05) is 19.4 Å².